The van der Waals surface area contributed by atoms with Crippen LogP contribution in [0.1, 0.15) is 45.4 Å². The molecule has 0 aromatic carbocycles. The van der Waals surface area contributed by atoms with Crippen LogP contribution in [-0.4, -0.2) is 48.6 Å². The summed E-state index contributed by atoms with van der Waals surface area (Å²) in [6.45, 7) is 6.64. The third-order valence-corrected chi connectivity index (χ3v) is 4.95. The molecule has 0 aromatic heterocycles. The van der Waals surface area contributed by atoms with Gasteiger partial charge >= 0.3 is 0 Å². The first-order valence-electron chi connectivity index (χ1n) is 7.55. The molecule has 2 rings (SSSR count). The van der Waals surface area contributed by atoms with Crippen molar-refractivity contribution in [3.8, 4) is 6.07 Å². The molecule has 3 heteroatoms. The third-order valence-electron chi connectivity index (χ3n) is 4.95. The van der Waals surface area contributed by atoms with Crippen molar-refractivity contribution in [1.82, 2.24) is 9.80 Å². The summed E-state index contributed by atoms with van der Waals surface area (Å²) >= 11 is 0. The summed E-state index contributed by atoms with van der Waals surface area (Å²) < 4.78 is 0. The van der Waals surface area contributed by atoms with Gasteiger partial charge in [-0.1, -0.05) is 19.8 Å². The van der Waals surface area contributed by atoms with Crippen LogP contribution in [0.2, 0.25) is 0 Å². The highest BCUT2D eigenvalue weighted by Gasteiger charge is 2.41. The average molecular weight is 249 g/mol. The van der Waals surface area contributed by atoms with Crippen molar-refractivity contribution < 1.29 is 0 Å². The summed E-state index contributed by atoms with van der Waals surface area (Å²) in [6.07, 6.45) is 7.35. The van der Waals surface area contributed by atoms with Gasteiger partial charge in [0.05, 0.1) is 6.07 Å². The van der Waals surface area contributed by atoms with Crippen LogP contribution < -0.4 is 0 Å². The Kier molecular flexibility index (Phi) is 4.64. The van der Waals surface area contributed by atoms with E-state index in [-0.39, 0.29) is 5.54 Å². The number of nitrogens with zero attached hydrogens (tertiary/aromatic N) is 3. The van der Waals surface area contributed by atoms with Crippen LogP contribution in [-0.2, 0) is 0 Å². The second-order valence-corrected chi connectivity index (χ2v) is 6.17. The molecule has 0 aromatic rings. The Labute approximate surface area is 112 Å². The topological polar surface area (TPSA) is 30.3 Å². The first-order chi connectivity index (χ1) is 8.70. The minimum atomic E-state index is -0.133. The Morgan fingerprint density at radius 1 is 1.17 bits per heavy atom. The molecule has 102 valence electrons. The molecular weight excluding hydrogens is 222 g/mol. The molecule has 0 bridgehead atoms. The molecule has 1 aliphatic carbocycles. The van der Waals surface area contributed by atoms with E-state index in [9.17, 15) is 5.26 Å². The predicted octanol–water partition coefficient (Wildman–Crippen LogP) is 2.49. The summed E-state index contributed by atoms with van der Waals surface area (Å²) in [4.78, 5) is 4.83. The number of hydrogen-bond acceptors (Lipinski definition) is 3. The lowest BCUT2D eigenvalue weighted by Gasteiger charge is -2.46. The molecule has 2 aliphatic rings. The fourth-order valence-corrected chi connectivity index (χ4v) is 3.59. The fraction of sp³-hybridized carbons (Fsp3) is 0.933. The lowest BCUT2D eigenvalue weighted by Crippen LogP contribution is -2.57. The third kappa shape index (κ3) is 2.87. The van der Waals surface area contributed by atoms with Gasteiger partial charge in [0.1, 0.15) is 5.54 Å². The standard InChI is InChI=1S/C15H27N3/c1-3-4-14-5-7-15(13-16,8-6-14)18-11-9-17(2)10-12-18/h14H,3-12H2,1-2H3. The predicted molar refractivity (Wildman–Crippen MR) is 74.3 cm³/mol. The van der Waals surface area contributed by atoms with Crippen molar-refractivity contribution in [2.75, 3.05) is 33.2 Å². The molecule has 1 aliphatic heterocycles. The number of hydrogen-bond donors (Lipinski definition) is 0. The largest absolute Gasteiger partial charge is 0.304 e. The van der Waals surface area contributed by atoms with E-state index in [0.717, 1.165) is 44.9 Å². The van der Waals surface area contributed by atoms with Gasteiger partial charge in [0.2, 0.25) is 0 Å². The molecule has 18 heavy (non-hydrogen) atoms. The smallest absolute Gasteiger partial charge is 0.109 e. The monoisotopic (exact) mass is 249 g/mol. The molecule has 0 spiro atoms. The maximum atomic E-state index is 9.67. The second-order valence-electron chi connectivity index (χ2n) is 6.17. The van der Waals surface area contributed by atoms with E-state index in [1.165, 1.54) is 25.7 Å². The van der Waals surface area contributed by atoms with E-state index in [0.29, 0.717) is 0 Å². The molecular formula is C15H27N3. The zero-order valence-corrected chi connectivity index (χ0v) is 12.0. The molecule has 0 unspecified atom stereocenters. The Morgan fingerprint density at radius 2 is 1.78 bits per heavy atom. The van der Waals surface area contributed by atoms with Crippen LogP contribution in [0.4, 0.5) is 0 Å². The summed E-state index contributed by atoms with van der Waals surface area (Å²) in [6, 6.07) is 2.67. The van der Waals surface area contributed by atoms with E-state index in [4.69, 9.17) is 0 Å². The first kappa shape index (κ1) is 13.8. The van der Waals surface area contributed by atoms with E-state index >= 15 is 0 Å². The van der Waals surface area contributed by atoms with Gasteiger partial charge in [0.25, 0.3) is 0 Å². The van der Waals surface area contributed by atoms with Gasteiger partial charge in [0.15, 0.2) is 0 Å². The minimum Gasteiger partial charge on any atom is -0.304 e. The van der Waals surface area contributed by atoms with Crippen LogP contribution in [0.3, 0.4) is 0 Å². The maximum Gasteiger partial charge on any atom is 0.109 e. The van der Waals surface area contributed by atoms with Crippen molar-refractivity contribution in [2.24, 2.45) is 5.92 Å². The van der Waals surface area contributed by atoms with Crippen molar-refractivity contribution in [2.45, 2.75) is 51.0 Å². The number of nitriles is 1. The Hall–Kier alpha value is -0.590. The number of rotatable bonds is 3. The zero-order chi connectivity index (χ0) is 13.0. The molecule has 2 fully saturated rings. The van der Waals surface area contributed by atoms with Crippen LogP contribution in [0.25, 0.3) is 0 Å². The molecule has 0 atom stereocenters. The number of likely N-dealkylation sites (N-methyl/N-ethyl adjacent to an activating group) is 1. The van der Waals surface area contributed by atoms with Crippen LogP contribution in [0.15, 0.2) is 0 Å². The van der Waals surface area contributed by atoms with Gasteiger partial charge in [-0.15, -0.1) is 0 Å². The van der Waals surface area contributed by atoms with Gasteiger partial charge in [0, 0.05) is 26.2 Å². The quantitative estimate of drug-likeness (QED) is 0.770. The van der Waals surface area contributed by atoms with Crippen molar-refractivity contribution in [3.05, 3.63) is 0 Å². The zero-order valence-electron chi connectivity index (χ0n) is 12.0. The van der Waals surface area contributed by atoms with Crippen molar-refractivity contribution in [3.63, 3.8) is 0 Å². The first-order valence-corrected chi connectivity index (χ1v) is 7.55. The summed E-state index contributed by atoms with van der Waals surface area (Å²) in [5.74, 6) is 0.879. The van der Waals surface area contributed by atoms with E-state index in [2.05, 4.69) is 29.8 Å². The highest BCUT2D eigenvalue weighted by molar-refractivity contribution is 5.11. The highest BCUT2D eigenvalue weighted by Crippen LogP contribution is 2.38. The van der Waals surface area contributed by atoms with Crippen LogP contribution >= 0.6 is 0 Å². The van der Waals surface area contributed by atoms with Gasteiger partial charge in [-0.25, -0.2) is 0 Å². The molecule has 0 N–H and O–H groups in total. The second kappa shape index (κ2) is 6.04. The lowest BCUT2D eigenvalue weighted by atomic mass is 9.74. The summed E-state index contributed by atoms with van der Waals surface area (Å²) in [5.41, 5.74) is -0.133. The maximum absolute atomic E-state index is 9.67. The molecule has 1 saturated heterocycles. The normalized spacial score (nSPS) is 35.3. The summed E-state index contributed by atoms with van der Waals surface area (Å²) in [5, 5.41) is 9.67. The van der Waals surface area contributed by atoms with E-state index < -0.39 is 0 Å². The SMILES string of the molecule is CCCC1CCC(C#N)(N2CCN(C)CC2)CC1. The fourth-order valence-electron chi connectivity index (χ4n) is 3.59. The molecule has 1 heterocycles. The minimum absolute atomic E-state index is 0.133. The van der Waals surface area contributed by atoms with E-state index in [1.54, 1.807) is 0 Å². The Bertz CT molecular complexity index is 291. The van der Waals surface area contributed by atoms with Gasteiger partial charge < -0.3 is 4.90 Å². The van der Waals surface area contributed by atoms with E-state index in [1.807, 2.05) is 0 Å². The van der Waals surface area contributed by atoms with Crippen LogP contribution in [0.5, 0.6) is 0 Å². The molecule has 3 nitrogen and oxygen atoms in total. The van der Waals surface area contributed by atoms with Gasteiger partial charge in [-0.2, -0.15) is 5.26 Å². The highest BCUT2D eigenvalue weighted by atomic mass is 15.3. The van der Waals surface area contributed by atoms with Crippen LogP contribution in [0, 0.1) is 17.2 Å². The van der Waals surface area contributed by atoms with Gasteiger partial charge in [-0.3, -0.25) is 4.90 Å². The average Bonchev–Trinajstić information content (AvgIpc) is 2.41. The molecule has 0 radical (unpaired) electrons. The van der Waals surface area contributed by atoms with Gasteiger partial charge in [-0.05, 0) is 38.6 Å². The Balaban J connectivity index is 1.94. The lowest BCUT2D eigenvalue weighted by molar-refractivity contribution is 0.0385. The summed E-state index contributed by atoms with van der Waals surface area (Å²) in [7, 11) is 2.18. The molecule has 0 amide bonds. The Morgan fingerprint density at radius 3 is 2.28 bits per heavy atom. The number of piperazine rings is 1. The van der Waals surface area contributed by atoms with Crippen molar-refractivity contribution in [1.29, 1.82) is 5.26 Å². The van der Waals surface area contributed by atoms with Crippen molar-refractivity contribution >= 4 is 0 Å². The molecule has 1 saturated carbocycles.